The van der Waals surface area contributed by atoms with Gasteiger partial charge in [-0.15, -0.1) is 0 Å². The number of hydrogen-bond donors (Lipinski definition) is 1. The second kappa shape index (κ2) is 7.02. The fraction of sp³-hybridized carbons (Fsp3) is 0.312. The molecule has 1 aromatic heterocycles. The molecule has 0 spiro atoms. The molecule has 0 saturated heterocycles. The summed E-state index contributed by atoms with van der Waals surface area (Å²) < 4.78 is 15.3. The molecule has 21 heavy (non-hydrogen) atoms. The molecule has 0 amide bonds. The molecule has 0 bridgehead atoms. The summed E-state index contributed by atoms with van der Waals surface area (Å²) in [6.45, 7) is 1.08. The molecular weight excluding hydrogens is 269 g/mol. The number of aryl methyl sites for hydroxylation is 1. The molecule has 0 unspecified atom stereocenters. The van der Waals surface area contributed by atoms with Crippen LogP contribution in [-0.2, 0) is 20.1 Å². The molecule has 0 aliphatic heterocycles. The first-order valence-electron chi connectivity index (χ1n) is 6.63. The zero-order chi connectivity index (χ0) is 15.2. The lowest BCUT2D eigenvalue weighted by molar-refractivity contribution is 0.306. The zero-order valence-electron chi connectivity index (χ0n) is 12.2. The molecule has 2 aromatic rings. The Morgan fingerprint density at radius 2 is 2.19 bits per heavy atom. The van der Waals surface area contributed by atoms with Crippen LogP contribution in [0, 0.1) is 17.7 Å². The van der Waals surface area contributed by atoms with Crippen molar-refractivity contribution in [3.8, 4) is 11.8 Å². The van der Waals surface area contributed by atoms with Gasteiger partial charge in [0.2, 0.25) is 0 Å². The zero-order valence-corrected chi connectivity index (χ0v) is 12.2. The maximum Gasteiger partial charge on any atom is 0.124 e. The van der Waals surface area contributed by atoms with Gasteiger partial charge < -0.3 is 9.67 Å². The molecule has 0 saturated carbocycles. The Labute approximate surface area is 123 Å². The van der Waals surface area contributed by atoms with E-state index in [2.05, 4.69) is 21.7 Å². The van der Waals surface area contributed by atoms with Crippen LogP contribution in [0.1, 0.15) is 17.0 Å². The number of nitrogens with zero attached hydrogens (tertiary/aromatic N) is 3. The minimum absolute atomic E-state index is 0.237. The normalized spacial score (nSPS) is 10.5. The van der Waals surface area contributed by atoms with Crippen molar-refractivity contribution in [2.75, 3.05) is 13.7 Å². The lowest BCUT2D eigenvalue weighted by atomic mass is 10.1. The van der Waals surface area contributed by atoms with E-state index in [0.717, 1.165) is 11.4 Å². The van der Waals surface area contributed by atoms with Gasteiger partial charge in [-0.1, -0.05) is 17.9 Å². The highest BCUT2D eigenvalue weighted by atomic mass is 19.1. The van der Waals surface area contributed by atoms with E-state index in [-0.39, 0.29) is 12.4 Å². The van der Waals surface area contributed by atoms with Gasteiger partial charge >= 0.3 is 0 Å². The first-order valence-corrected chi connectivity index (χ1v) is 6.63. The Bertz CT molecular complexity index is 670. The van der Waals surface area contributed by atoms with Gasteiger partial charge in [-0.3, -0.25) is 4.90 Å². The summed E-state index contributed by atoms with van der Waals surface area (Å²) in [5.41, 5.74) is 1.53. The first-order chi connectivity index (χ1) is 10.1. The Balaban J connectivity index is 2.13. The van der Waals surface area contributed by atoms with Gasteiger partial charge in [0, 0.05) is 31.5 Å². The predicted octanol–water partition coefficient (Wildman–Crippen LogP) is 1.54. The third-order valence-corrected chi connectivity index (χ3v) is 3.15. The summed E-state index contributed by atoms with van der Waals surface area (Å²) in [5.74, 6) is 5.99. The lowest BCUT2D eigenvalue weighted by Crippen LogP contribution is -2.20. The Morgan fingerprint density at radius 3 is 2.86 bits per heavy atom. The Kier molecular flexibility index (Phi) is 5.09. The van der Waals surface area contributed by atoms with Gasteiger partial charge in [0.15, 0.2) is 0 Å². The quantitative estimate of drug-likeness (QED) is 0.867. The molecule has 4 nitrogen and oxygen atoms in total. The van der Waals surface area contributed by atoms with Crippen molar-refractivity contribution in [1.29, 1.82) is 0 Å². The van der Waals surface area contributed by atoms with E-state index in [0.29, 0.717) is 18.7 Å². The van der Waals surface area contributed by atoms with Crippen LogP contribution in [-0.4, -0.2) is 33.2 Å². The monoisotopic (exact) mass is 287 g/mol. The van der Waals surface area contributed by atoms with Crippen molar-refractivity contribution in [3.63, 3.8) is 0 Å². The third kappa shape index (κ3) is 4.15. The van der Waals surface area contributed by atoms with Crippen LogP contribution >= 0.6 is 0 Å². The van der Waals surface area contributed by atoms with Crippen molar-refractivity contribution in [3.05, 3.63) is 53.4 Å². The second-order valence-electron chi connectivity index (χ2n) is 4.89. The van der Waals surface area contributed by atoms with Gasteiger partial charge in [-0.25, -0.2) is 9.37 Å². The number of imidazole rings is 1. The van der Waals surface area contributed by atoms with Gasteiger partial charge in [0.1, 0.15) is 18.2 Å². The molecule has 5 heteroatoms. The highest BCUT2D eigenvalue weighted by Crippen LogP contribution is 2.13. The second-order valence-corrected chi connectivity index (χ2v) is 4.89. The summed E-state index contributed by atoms with van der Waals surface area (Å²) in [4.78, 5) is 6.37. The summed E-state index contributed by atoms with van der Waals surface area (Å²) in [6, 6.07) is 4.55. The molecule has 0 aliphatic rings. The molecule has 110 valence electrons. The summed E-state index contributed by atoms with van der Waals surface area (Å²) >= 11 is 0. The molecule has 0 aliphatic carbocycles. The molecule has 0 atom stereocenters. The first kappa shape index (κ1) is 15.2. The standard InChI is InChI=1S/C16H18FN3O/c1-19(12-16-18-7-8-20(16)2)11-14-5-6-15(17)10-13(14)4-3-9-21/h5-8,10,21H,9,11-12H2,1-2H3. The minimum Gasteiger partial charge on any atom is -0.384 e. The lowest BCUT2D eigenvalue weighted by Gasteiger charge is -2.17. The topological polar surface area (TPSA) is 41.3 Å². The van der Waals surface area contributed by atoms with Crippen LogP contribution < -0.4 is 0 Å². The highest BCUT2D eigenvalue weighted by Gasteiger charge is 2.08. The number of aliphatic hydroxyl groups excluding tert-OH is 1. The summed E-state index contributed by atoms with van der Waals surface area (Å²) in [6.07, 6.45) is 3.67. The van der Waals surface area contributed by atoms with E-state index < -0.39 is 0 Å². The smallest absolute Gasteiger partial charge is 0.124 e. The Hall–Kier alpha value is -2.16. The van der Waals surface area contributed by atoms with Gasteiger partial charge in [0.05, 0.1) is 6.54 Å². The maximum atomic E-state index is 13.3. The van der Waals surface area contributed by atoms with Crippen molar-refractivity contribution >= 4 is 0 Å². The number of halogens is 1. The highest BCUT2D eigenvalue weighted by molar-refractivity contribution is 5.41. The Morgan fingerprint density at radius 1 is 1.38 bits per heavy atom. The molecule has 1 heterocycles. The molecule has 0 radical (unpaired) electrons. The van der Waals surface area contributed by atoms with E-state index >= 15 is 0 Å². The number of rotatable bonds is 4. The van der Waals surface area contributed by atoms with Gasteiger partial charge in [-0.05, 0) is 24.7 Å². The summed E-state index contributed by atoms with van der Waals surface area (Å²) in [7, 11) is 3.92. The van der Waals surface area contributed by atoms with Crippen molar-refractivity contribution in [2.24, 2.45) is 7.05 Å². The van der Waals surface area contributed by atoms with Crippen molar-refractivity contribution in [2.45, 2.75) is 13.1 Å². The fourth-order valence-electron chi connectivity index (χ4n) is 2.07. The number of aliphatic hydroxyl groups is 1. The molecular formula is C16H18FN3O. The predicted molar refractivity (Wildman–Crippen MR) is 78.7 cm³/mol. The number of benzene rings is 1. The van der Waals surface area contributed by atoms with Crippen LogP contribution in [0.2, 0.25) is 0 Å². The third-order valence-electron chi connectivity index (χ3n) is 3.15. The van der Waals surface area contributed by atoms with E-state index in [4.69, 9.17) is 5.11 Å². The number of hydrogen-bond acceptors (Lipinski definition) is 3. The molecule has 0 fully saturated rings. The van der Waals surface area contributed by atoms with Crippen LogP contribution in [0.25, 0.3) is 0 Å². The minimum atomic E-state index is -0.326. The summed E-state index contributed by atoms with van der Waals surface area (Å²) in [5, 5.41) is 8.78. The van der Waals surface area contributed by atoms with Gasteiger partial charge in [-0.2, -0.15) is 0 Å². The van der Waals surface area contributed by atoms with Crippen molar-refractivity contribution in [1.82, 2.24) is 14.5 Å². The van der Waals surface area contributed by atoms with E-state index in [1.54, 1.807) is 12.3 Å². The van der Waals surface area contributed by atoms with E-state index in [9.17, 15) is 4.39 Å². The van der Waals surface area contributed by atoms with Crippen LogP contribution in [0.5, 0.6) is 0 Å². The van der Waals surface area contributed by atoms with E-state index in [1.807, 2.05) is 24.9 Å². The largest absolute Gasteiger partial charge is 0.384 e. The van der Waals surface area contributed by atoms with E-state index in [1.165, 1.54) is 12.1 Å². The molecule has 1 aromatic carbocycles. The van der Waals surface area contributed by atoms with Crippen LogP contribution in [0.15, 0.2) is 30.6 Å². The van der Waals surface area contributed by atoms with Gasteiger partial charge in [0.25, 0.3) is 0 Å². The molecule has 1 N–H and O–H groups in total. The van der Waals surface area contributed by atoms with Crippen LogP contribution in [0.4, 0.5) is 4.39 Å². The average Bonchev–Trinajstić information content (AvgIpc) is 2.84. The maximum absolute atomic E-state index is 13.3. The SMILES string of the molecule is CN(Cc1ccc(F)cc1C#CCO)Cc1nccn1C. The number of aromatic nitrogens is 2. The van der Waals surface area contributed by atoms with Crippen molar-refractivity contribution < 1.29 is 9.50 Å². The molecule has 2 rings (SSSR count). The fourth-order valence-corrected chi connectivity index (χ4v) is 2.07. The average molecular weight is 287 g/mol. The van der Waals surface area contributed by atoms with Crippen LogP contribution in [0.3, 0.4) is 0 Å².